The highest BCUT2D eigenvalue weighted by Crippen LogP contribution is 2.19. The smallest absolute Gasteiger partial charge is 0.224 e. The lowest BCUT2D eigenvalue weighted by Gasteiger charge is -2.18. The van der Waals surface area contributed by atoms with E-state index in [4.69, 9.17) is 10.5 Å². The van der Waals surface area contributed by atoms with Crippen molar-refractivity contribution in [1.29, 1.82) is 0 Å². The third-order valence-corrected chi connectivity index (χ3v) is 3.48. The number of halogens is 1. The molecule has 0 aromatic heterocycles. The van der Waals surface area contributed by atoms with Crippen molar-refractivity contribution in [1.82, 2.24) is 4.90 Å². The van der Waals surface area contributed by atoms with E-state index >= 15 is 0 Å². The van der Waals surface area contributed by atoms with Crippen molar-refractivity contribution in [2.24, 2.45) is 0 Å². The van der Waals surface area contributed by atoms with E-state index in [2.05, 4.69) is 10.2 Å². The molecule has 1 fully saturated rings. The monoisotopic (exact) mass is 295 g/mol. The van der Waals surface area contributed by atoms with Gasteiger partial charge in [0.1, 0.15) is 5.82 Å². The van der Waals surface area contributed by atoms with Gasteiger partial charge in [0, 0.05) is 26.1 Å². The Kier molecular flexibility index (Phi) is 5.95. The molecular weight excluding hydrogens is 273 g/mol. The lowest BCUT2D eigenvalue weighted by atomic mass is 10.2. The summed E-state index contributed by atoms with van der Waals surface area (Å²) in [6, 6.07) is 3.96. The topological polar surface area (TPSA) is 67.6 Å². The zero-order chi connectivity index (χ0) is 15.1. The van der Waals surface area contributed by atoms with Crippen molar-refractivity contribution >= 4 is 17.3 Å². The van der Waals surface area contributed by atoms with Gasteiger partial charge in [-0.3, -0.25) is 4.79 Å². The summed E-state index contributed by atoms with van der Waals surface area (Å²) in [4.78, 5) is 14.2. The molecular formula is C15H22FN3O2. The van der Waals surface area contributed by atoms with Crippen molar-refractivity contribution in [3.05, 3.63) is 24.0 Å². The summed E-state index contributed by atoms with van der Waals surface area (Å²) in [6.45, 7) is 4.41. The third-order valence-electron chi connectivity index (χ3n) is 3.48. The van der Waals surface area contributed by atoms with Crippen molar-refractivity contribution < 1.29 is 13.9 Å². The predicted molar refractivity (Wildman–Crippen MR) is 80.6 cm³/mol. The van der Waals surface area contributed by atoms with E-state index in [1.54, 1.807) is 0 Å². The second kappa shape index (κ2) is 7.95. The first-order chi connectivity index (χ1) is 10.1. The molecule has 0 unspecified atom stereocenters. The number of nitrogens with one attached hydrogen (secondary N) is 1. The van der Waals surface area contributed by atoms with Crippen LogP contribution in [-0.2, 0) is 9.53 Å². The van der Waals surface area contributed by atoms with Gasteiger partial charge in [-0.1, -0.05) is 0 Å². The standard InChI is InChI=1S/C15H22FN3O2/c16-12-4-5-14(13(17)11-12)18-15(20)3-1-6-19-7-2-9-21-10-8-19/h4-5,11H,1-3,6-10,17H2,(H,18,20). The molecule has 1 aromatic rings. The Morgan fingerprint density at radius 2 is 2.24 bits per heavy atom. The number of nitrogens with two attached hydrogens (primary N) is 1. The molecule has 0 radical (unpaired) electrons. The van der Waals surface area contributed by atoms with Gasteiger partial charge in [0.25, 0.3) is 0 Å². The van der Waals surface area contributed by atoms with Crippen LogP contribution in [0.3, 0.4) is 0 Å². The fraction of sp³-hybridized carbons (Fsp3) is 0.533. The molecule has 6 heteroatoms. The maximum atomic E-state index is 12.9. The fourth-order valence-corrected chi connectivity index (χ4v) is 2.34. The van der Waals surface area contributed by atoms with E-state index in [-0.39, 0.29) is 11.6 Å². The Balaban J connectivity index is 1.71. The Morgan fingerprint density at radius 1 is 1.38 bits per heavy atom. The molecule has 0 aliphatic carbocycles. The van der Waals surface area contributed by atoms with Crippen LogP contribution in [-0.4, -0.2) is 43.7 Å². The molecule has 0 atom stereocenters. The quantitative estimate of drug-likeness (QED) is 0.814. The van der Waals surface area contributed by atoms with Gasteiger partial charge in [0.15, 0.2) is 0 Å². The van der Waals surface area contributed by atoms with Crippen molar-refractivity contribution in [2.45, 2.75) is 19.3 Å². The van der Waals surface area contributed by atoms with Crippen molar-refractivity contribution in [3.63, 3.8) is 0 Å². The second-order valence-electron chi connectivity index (χ2n) is 5.19. The summed E-state index contributed by atoms with van der Waals surface area (Å²) in [6.07, 6.45) is 2.25. The summed E-state index contributed by atoms with van der Waals surface area (Å²) in [7, 11) is 0. The van der Waals surface area contributed by atoms with E-state index in [9.17, 15) is 9.18 Å². The lowest BCUT2D eigenvalue weighted by molar-refractivity contribution is -0.116. The number of carbonyl (C=O) groups excluding carboxylic acids is 1. The summed E-state index contributed by atoms with van der Waals surface area (Å²) in [5.74, 6) is -0.506. The van der Waals surface area contributed by atoms with Gasteiger partial charge in [0.05, 0.1) is 18.0 Å². The number of hydrogen-bond acceptors (Lipinski definition) is 4. The first-order valence-corrected chi connectivity index (χ1v) is 7.30. The van der Waals surface area contributed by atoms with Crippen LogP contribution >= 0.6 is 0 Å². The van der Waals surface area contributed by atoms with Crippen LogP contribution in [0.4, 0.5) is 15.8 Å². The average Bonchev–Trinajstić information content (AvgIpc) is 2.71. The molecule has 2 rings (SSSR count). The number of rotatable bonds is 5. The van der Waals surface area contributed by atoms with Gasteiger partial charge >= 0.3 is 0 Å². The number of benzene rings is 1. The summed E-state index contributed by atoms with van der Waals surface area (Å²) >= 11 is 0. The van der Waals surface area contributed by atoms with Gasteiger partial charge in [-0.2, -0.15) is 0 Å². The van der Waals surface area contributed by atoms with Crippen LogP contribution in [0.25, 0.3) is 0 Å². The van der Waals surface area contributed by atoms with Gasteiger partial charge in [0.2, 0.25) is 5.91 Å². The number of nitrogen functional groups attached to an aromatic ring is 1. The molecule has 1 aliphatic rings. The first-order valence-electron chi connectivity index (χ1n) is 7.30. The number of nitrogens with zero attached hydrogens (tertiary/aromatic N) is 1. The summed E-state index contributed by atoms with van der Waals surface area (Å²) in [5.41, 5.74) is 6.36. The molecule has 1 heterocycles. The van der Waals surface area contributed by atoms with Gasteiger partial charge in [-0.15, -0.1) is 0 Å². The maximum Gasteiger partial charge on any atom is 0.224 e. The fourth-order valence-electron chi connectivity index (χ4n) is 2.34. The van der Waals surface area contributed by atoms with Crippen molar-refractivity contribution in [2.75, 3.05) is 43.9 Å². The minimum absolute atomic E-state index is 0.0978. The molecule has 0 bridgehead atoms. The van der Waals surface area contributed by atoms with Crippen LogP contribution in [0, 0.1) is 5.82 Å². The van der Waals surface area contributed by atoms with Gasteiger partial charge < -0.3 is 20.7 Å². The minimum Gasteiger partial charge on any atom is -0.397 e. The molecule has 0 spiro atoms. The molecule has 0 saturated carbocycles. The predicted octanol–water partition coefficient (Wildman–Crippen LogP) is 1.85. The summed E-state index contributed by atoms with van der Waals surface area (Å²) in [5, 5.41) is 2.71. The Labute approximate surface area is 124 Å². The SMILES string of the molecule is Nc1cc(F)ccc1NC(=O)CCCN1CCCOCC1. The summed E-state index contributed by atoms with van der Waals surface area (Å²) < 4.78 is 18.3. The van der Waals surface area contributed by atoms with E-state index in [1.165, 1.54) is 18.2 Å². The number of carbonyl (C=O) groups is 1. The largest absolute Gasteiger partial charge is 0.397 e. The normalized spacial score (nSPS) is 16.4. The molecule has 1 saturated heterocycles. The molecule has 5 nitrogen and oxygen atoms in total. The highest BCUT2D eigenvalue weighted by Gasteiger charge is 2.10. The molecule has 3 N–H and O–H groups in total. The Bertz CT molecular complexity index is 474. The highest BCUT2D eigenvalue weighted by molar-refractivity contribution is 5.93. The molecule has 21 heavy (non-hydrogen) atoms. The van der Waals surface area contributed by atoms with E-state index in [0.717, 1.165) is 45.7 Å². The maximum absolute atomic E-state index is 12.9. The van der Waals surface area contributed by atoms with E-state index < -0.39 is 5.82 Å². The highest BCUT2D eigenvalue weighted by atomic mass is 19.1. The first kappa shape index (κ1) is 15.7. The Morgan fingerprint density at radius 3 is 3.05 bits per heavy atom. The van der Waals surface area contributed by atoms with Crippen LogP contribution in [0.15, 0.2) is 18.2 Å². The van der Waals surface area contributed by atoms with Crippen LogP contribution in [0.2, 0.25) is 0 Å². The molecule has 1 aliphatic heterocycles. The number of hydrogen-bond donors (Lipinski definition) is 2. The lowest BCUT2D eigenvalue weighted by Crippen LogP contribution is -2.28. The van der Waals surface area contributed by atoms with E-state index in [0.29, 0.717) is 12.1 Å². The number of ether oxygens (including phenoxy) is 1. The molecule has 1 amide bonds. The third kappa shape index (κ3) is 5.32. The van der Waals surface area contributed by atoms with Gasteiger partial charge in [-0.05, 0) is 37.6 Å². The van der Waals surface area contributed by atoms with Gasteiger partial charge in [-0.25, -0.2) is 4.39 Å². The molecule has 1 aromatic carbocycles. The van der Waals surface area contributed by atoms with Crippen LogP contribution in [0.1, 0.15) is 19.3 Å². The van der Waals surface area contributed by atoms with Crippen molar-refractivity contribution in [3.8, 4) is 0 Å². The zero-order valence-electron chi connectivity index (χ0n) is 12.1. The molecule has 116 valence electrons. The van der Waals surface area contributed by atoms with E-state index in [1.807, 2.05) is 0 Å². The second-order valence-corrected chi connectivity index (χ2v) is 5.19. The number of amides is 1. The zero-order valence-corrected chi connectivity index (χ0v) is 12.1. The average molecular weight is 295 g/mol. The minimum atomic E-state index is -0.408. The Hall–Kier alpha value is -1.66. The van der Waals surface area contributed by atoms with Crippen LogP contribution in [0.5, 0.6) is 0 Å². The number of anilines is 2. The van der Waals surface area contributed by atoms with Crippen LogP contribution < -0.4 is 11.1 Å².